The first kappa shape index (κ1) is 14.8. The summed E-state index contributed by atoms with van der Waals surface area (Å²) in [5, 5.41) is 11.6. The van der Waals surface area contributed by atoms with Gasteiger partial charge in [-0.3, -0.25) is 0 Å². The van der Waals surface area contributed by atoms with Gasteiger partial charge in [0.25, 0.3) is 0 Å². The van der Waals surface area contributed by atoms with E-state index in [2.05, 4.69) is 9.88 Å². The van der Waals surface area contributed by atoms with Crippen LogP contribution in [-0.2, 0) is 9.53 Å². The Morgan fingerprint density at radius 1 is 1.41 bits per heavy atom. The summed E-state index contributed by atoms with van der Waals surface area (Å²) in [4.78, 5) is 17.4. The first-order valence-corrected chi connectivity index (χ1v) is 7.83. The minimum atomic E-state index is -0.992. The van der Waals surface area contributed by atoms with Crippen molar-refractivity contribution in [3.05, 3.63) is 29.6 Å². The maximum atomic E-state index is 10.6. The molecule has 2 heterocycles. The van der Waals surface area contributed by atoms with E-state index in [0.717, 1.165) is 42.7 Å². The fourth-order valence-corrected chi connectivity index (χ4v) is 3.08. The van der Waals surface area contributed by atoms with E-state index in [1.165, 1.54) is 0 Å². The van der Waals surface area contributed by atoms with Crippen LogP contribution in [0.1, 0.15) is 0 Å². The van der Waals surface area contributed by atoms with Crippen LogP contribution in [0.25, 0.3) is 11.3 Å². The van der Waals surface area contributed by atoms with Crippen LogP contribution in [0.2, 0.25) is 0 Å². The zero-order valence-electron chi connectivity index (χ0n) is 11.9. The number of aliphatic carboxylic acids is 1. The number of carboxylic acid groups (broad SMARTS) is 1. The standard InChI is InChI=1S/C15H16N2O4S/c18-14(19)9-21-12-3-1-2-11(8-12)13-10-22-15(16-13)17-4-6-20-7-5-17/h1-3,8,10H,4-7,9H2,(H,18,19). The topological polar surface area (TPSA) is 71.9 Å². The summed E-state index contributed by atoms with van der Waals surface area (Å²) in [6.45, 7) is 2.82. The molecule has 0 radical (unpaired) electrons. The van der Waals surface area contributed by atoms with Crippen LogP contribution in [0.3, 0.4) is 0 Å². The van der Waals surface area contributed by atoms with Crippen LogP contribution in [0.4, 0.5) is 5.13 Å². The van der Waals surface area contributed by atoms with Crippen LogP contribution in [0.5, 0.6) is 5.75 Å². The van der Waals surface area contributed by atoms with Gasteiger partial charge in [0, 0.05) is 24.0 Å². The fraction of sp³-hybridized carbons (Fsp3) is 0.333. The molecule has 3 rings (SSSR count). The molecule has 0 aliphatic carbocycles. The van der Waals surface area contributed by atoms with Crippen molar-refractivity contribution in [1.29, 1.82) is 0 Å². The molecule has 0 spiro atoms. The molecule has 1 saturated heterocycles. The van der Waals surface area contributed by atoms with Gasteiger partial charge in [0.15, 0.2) is 11.7 Å². The molecule has 1 N–H and O–H groups in total. The average molecular weight is 320 g/mol. The molecule has 1 aliphatic heterocycles. The van der Waals surface area contributed by atoms with Crippen LogP contribution in [0, 0.1) is 0 Å². The van der Waals surface area contributed by atoms with Crippen LogP contribution < -0.4 is 9.64 Å². The Morgan fingerprint density at radius 2 is 2.23 bits per heavy atom. The van der Waals surface area contributed by atoms with E-state index < -0.39 is 5.97 Å². The van der Waals surface area contributed by atoms with Crippen molar-refractivity contribution in [1.82, 2.24) is 4.98 Å². The van der Waals surface area contributed by atoms with Gasteiger partial charge in [-0.25, -0.2) is 9.78 Å². The lowest BCUT2D eigenvalue weighted by atomic mass is 10.2. The number of rotatable bonds is 5. The molecule has 7 heteroatoms. The largest absolute Gasteiger partial charge is 0.482 e. The fourth-order valence-electron chi connectivity index (χ4n) is 2.19. The first-order valence-electron chi connectivity index (χ1n) is 6.95. The SMILES string of the molecule is O=C(O)COc1cccc(-c2csc(N3CCOCC3)n2)c1. The molecule has 0 amide bonds. The third-order valence-electron chi connectivity index (χ3n) is 3.27. The van der Waals surface area contributed by atoms with Crippen molar-refractivity contribution in [3.8, 4) is 17.0 Å². The predicted octanol–water partition coefficient (Wildman–Crippen LogP) is 2.11. The van der Waals surface area contributed by atoms with Gasteiger partial charge in [-0.1, -0.05) is 12.1 Å². The number of hydrogen-bond donors (Lipinski definition) is 1. The van der Waals surface area contributed by atoms with E-state index in [1.54, 1.807) is 23.5 Å². The van der Waals surface area contributed by atoms with Crippen LogP contribution >= 0.6 is 11.3 Å². The number of hydrogen-bond acceptors (Lipinski definition) is 6. The molecule has 1 aliphatic rings. The van der Waals surface area contributed by atoms with Gasteiger partial charge in [0.05, 0.1) is 18.9 Å². The van der Waals surface area contributed by atoms with E-state index in [1.807, 2.05) is 17.5 Å². The highest BCUT2D eigenvalue weighted by molar-refractivity contribution is 7.14. The van der Waals surface area contributed by atoms with Gasteiger partial charge in [0.1, 0.15) is 5.75 Å². The Kier molecular flexibility index (Phi) is 4.55. The quantitative estimate of drug-likeness (QED) is 0.910. The number of carboxylic acids is 1. The number of morpholine rings is 1. The molecular weight excluding hydrogens is 304 g/mol. The van der Waals surface area contributed by atoms with E-state index in [0.29, 0.717) is 5.75 Å². The monoisotopic (exact) mass is 320 g/mol. The lowest BCUT2D eigenvalue weighted by Crippen LogP contribution is -2.36. The summed E-state index contributed by atoms with van der Waals surface area (Å²) in [7, 11) is 0. The van der Waals surface area contributed by atoms with E-state index in [-0.39, 0.29) is 6.61 Å². The van der Waals surface area contributed by atoms with Crippen molar-refractivity contribution in [2.75, 3.05) is 37.8 Å². The highest BCUT2D eigenvalue weighted by atomic mass is 32.1. The predicted molar refractivity (Wildman–Crippen MR) is 83.7 cm³/mol. The van der Waals surface area contributed by atoms with Crippen molar-refractivity contribution in [2.24, 2.45) is 0 Å². The molecule has 0 atom stereocenters. The summed E-state index contributed by atoms with van der Waals surface area (Å²) < 4.78 is 10.5. The molecule has 22 heavy (non-hydrogen) atoms. The maximum absolute atomic E-state index is 10.6. The van der Waals surface area contributed by atoms with E-state index in [9.17, 15) is 4.79 Å². The molecule has 116 valence electrons. The second kappa shape index (κ2) is 6.76. The molecule has 2 aromatic rings. The van der Waals surface area contributed by atoms with Gasteiger partial charge < -0.3 is 19.5 Å². The molecule has 0 saturated carbocycles. The zero-order valence-corrected chi connectivity index (χ0v) is 12.7. The lowest BCUT2D eigenvalue weighted by Gasteiger charge is -2.26. The van der Waals surface area contributed by atoms with Crippen molar-refractivity contribution >= 4 is 22.4 Å². The normalized spacial score (nSPS) is 14.8. The number of thiazole rings is 1. The Labute approximate surface area is 131 Å². The number of benzene rings is 1. The summed E-state index contributed by atoms with van der Waals surface area (Å²) in [5.41, 5.74) is 1.78. The third kappa shape index (κ3) is 3.55. The summed E-state index contributed by atoms with van der Waals surface area (Å²) >= 11 is 1.60. The Bertz CT molecular complexity index is 652. The van der Waals surface area contributed by atoms with Gasteiger partial charge in [0.2, 0.25) is 0 Å². The summed E-state index contributed by atoms with van der Waals surface area (Å²) in [6, 6.07) is 7.31. The Hall–Kier alpha value is -2.12. The number of carbonyl (C=O) groups is 1. The molecule has 6 nitrogen and oxygen atoms in total. The maximum Gasteiger partial charge on any atom is 0.341 e. The number of aromatic nitrogens is 1. The molecule has 0 bridgehead atoms. The molecule has 1 aromatic heterocycles. The second-order valence-corrected chi connectivity index (χ2v) is 5.66. The minimum Gasteiger partial charge on any atom is -0.482 e. The molecule has 1 fully saturated rings. The minimum absolute atomic E-state index is 0.348. The average Bonchev–Trinajstić information content (AvgIpc) is 3.04. The highest BCUT2D eigenvalue weighted by Crippen LogP contribution is 2.29. The second-order valence-electron chi connectivity index (χ2n) is 4.82. The zero-order chi connectivity index (χ0) is 15.4. The number of ether oxygens (including phenoxy) is 2. The van der Waals surface area contributed by atoms with Crippen molar-refractivity contribution < 1.29 is 19.4 Å². The summed E-state index contributed by atoms with van der Waals surface area (Å²) in [6.07, 6.45) is 0. The first-order chi connectivity index (χ1) is 10.7. The van der Waals surface area contributed by atoms with Gasteiger partial charge in [-0.2, -0.15) is 0 Å². The van der Waals surface area contributed by atoms with Crippen molar-refractivity contribution in [2.45, 2.75) is 0 Å². The number of anilines is 1. The van der Waals surface area contributed by atoms with Gasteiger partial charge in [-0.15, -0.1) is 11.3 Å². The van der Waals surface area contributed by atoms with Gasteiger partial charge in [-0.05, 0) is 12.1 Å². The molecule has 0 unspecified atom stereocenters. The Morgan fingerprint density at radius 3 is 3.00 bits per heavy atom. The van der Waals surface area contributed by atoms with Gasteiger partial charge >= 0.3 is 5.97 Å². The number of nitrogens with zero attached hydrogens (tertiary/aromatic N) is 2. The third-order valence-corrected chi connectivity index (χ3v) is 4.17. The smallest absolute Gasteiger partial charge is 0.341 e. The van der Waals surface area contributed by atoms with Crippen molar-refractivity contribution in [3.63, 3.8) is 0 Å². The Balaban J connectivity index is 1.75. The molecule has 1 aromatic carbocycles. The van der Waals surface area contributed by atoms with E-state index >= 15 is 0 Å². The lowest BCUT2D eigenvalue weighted by molar-refractivity contribution is -0.139. The summed E-state index contributed by atoms with van der Waals surface area (Å²) in [5.74, 6) is -0.463. The molecular formula is C15H16N2O4S. The van der Waals surface area contributed by atoms with Crippen LogP contribution in [-0.4, -0.2) is 49.0 Å². The van der Waals surface area contributed by atoms with Crippen LogP contribution in [0.15, 0.2) is 29.6 Å². The highest BCUT2D eigenvalue weighted by Gasteiger charge is 2.15. The van der Waals surface area contributed by atoms with E-state index in [4.69, 9.17) is 14.6 Å².